The molecule has 1 unspecified atom stereocenters. The molecule has 0 spiro atoms. The van der Waals surface area contributed by atoms with E-state index in [0.29, 0.717) is 13.2 Å². The predicted molar refractivity (Wildman–Crippen MR) is 55.2 cm³/mol. The van der Waals surface area contributed by atoms with Gasteiger partial charge in [0.2, 0.25) is 0 Å². The normalized spacial score (nSPS) is 23.8. The lowest BCUT2D eigenvalue weighted by molar-refractivity contribution is -0.174. The van der Waals surface area contributed by atoms with Crippen LogP contribution in [-0.4, -0.2) is 31.7 Å². The van der Waals surface area contributed by atoms with Crippen LogP contribution in [0.25, 0.3) is 0 Å². The molecule has 14 heavy (non-hydrogen) atoms. The van der Waals surface area contributed by atoms with Crippen molar-refractivity contribution in [3.05, 3.63) is 0 Å². The highest BCUT2D eigenvalue weighted by atomic mass is 16.7. The van der Waals surface area contributed by atoms with Crippen molar-refractivity contribution in [2.24, 2.45) is 0 Å². The Morgan fingerprint density at radius 2 is 2.00 bits per heavy atom. The van der Waals surface area contributed by atoms with E-state index in [0.717, 1.165) is 13.0 Å². The lowest BCUT2D eigenvalue weighted by Crippen LogP contribution is -2.26. The molecule has 3 nitrogen and oxygen atoms in total. The van der Waals surface area contributed by atoms with Crippen molar-refractivity contribution in [2.45, 2.75) is 51.9 Å². The van der Waals surface area contributed by atoms with Crippen LogP contribution in [0.1, 0.15) is 40.0 Å². The third-order valence-electron chi connectivity index (χ3n) is 2.06. The van der Waals surface area contributed by atoms with E-state index in [-0.39, 0.29) is 11.9 Å². The molecule has 1 fully saturated rings. The second-order valence-corrected chi connectivity index (χ2v) is 4.63. The zero-order valence-corrected chi connectivity index (χ0v) is 9.54. The molecule has 1 aliphatic heterocycles. The van der Waals surface area contributed by atoms with Crippen LogP contribution >= 0.6 is 0 Å². The fourth-order valence-corrected chi connectivity index (χ4v) is 1.37. The Labute approximate surface area is 86.7 Å². The van der Waals surface area contributed by atoms with Crippen molar-refractivity contribution in [2.75, 3.05) is 19.8 Å². The molecule has 0 N–H and O–H groups in total. The zero-order valence-electron chi connectivity index (χ0n) is 9.54. The van der Waals surface area contributed by atoms with Gasteiger partial charge in [-0.05, 0) is 40.0 Å². The maximum Gasteiger partial charge on any atom is 0.157 e. The van der Waals surface area contributed by atoms with Crippen LogP contribution in [0.2, 0.25) is 0 Å². The Hall–Kier alpha value is -0.120. The molecule has 0 aromatic heterocycles. The molecule has 0 aliphatic carbocycles. The van der Waals surface area contributed by atoms with Gasteiger partial charge in [-0.15, -0.1) is 0 Å². The highest BCUT2D eigenvalue weighted by molar-refractivity contribution is 4.58. The van der Waals surface area contributed by atoms with Crippen LogP contribution in [-0.2, 0) is 14.2 Å². The molecule has 1 aliphatic rings. The first-order valence-electron chi connectivity index (χ1n) is 5.45. The molecule has 84 valence electrons. The molecule has 1 saturated heterocycles. The second kappa shape index (κ2) is 5.69. The minimum absolute atomic E-state index is 0.00678. The van der Waals surface area contributed by atoms with Crippen molar-refractivity contribution in [1.29, 1.82) is 0 Å². The Kier molecular flexibility index (Phi) is 4.85. The fourth-order valence-electron chi connectivity index (χ4n) is 1.37. The molecule has 0 aromatic rings. The minimum Gasteiger partial charge on any atom is -0.373 e. The summed E-state index contributed by atoms with van der Waals surface area (Å²) in [4.78, 5) is 0. The lowest BCUT2D eigenvalue weighted by Gasteiger charge is -2.24. The molecular weight excluding hydrogens is 180 g/mol. The third kappa shape index (κ3) is 5.58. The van der Waals surface area contributed by atoms with Crippen LogP contribution in [0.15, 0.2) is 0 Å². The smallest absolute Gasteiger partial charge is 0.157 e. The van der Waals surface area contributed by atoms with Gasteiger partial charge in [0.05, 0.1) is 18.8 Å². The Balaban J connectivity index is 1.97. The first-order valence-corrected chi connectivity index (χ1v) is 5.45. The summed E-state index contributed by atoms with van der Waals surface area (Å²) < 4.78 is 16.5. The third-order valence-corrected chi connectivity index (χ3v) is 2.06. The Morgan fingerprint density at radius 3 is 2.57 bits per heavy atom. The summed E-state index contributed by atoms with van der Waals surface area (Å²) in [7, 11) is 0. The molecule has 0 aromatic carbocycles. The number of hydrogen-bond donors (Lipinski definition) is 0. The standard InChI is InChI=1S/C11H22O3/c1-11(2,3)14-9-8-13-10-6-4-5-7-12-10/h10H,4-9H2,1-3H3. The SMILES string of the molecule is CC(C)(C)OCCOC1CCCCO1. The monoisotopic (exact) mass is 202 g/mol. The Morgan fingerprint density at radius 1 is 1.21 bits per heavy atom. The zero-order chi connectivity index (χ0) is 10.4. The lowest BCUT2D eigenvalue weighted by atomic mass is 10.2. The van der Waals surface area contributed by atoms with Gasteiger partial charge in [-0.3, -0.25) is 0 Å². The molecule has 0 saturated carbocycles. The summed E-state index contributed by atoms with van der Waals surface area (Å²) in [6, 6.07) is 0. The van der Waals surface area contributed by atoms with E-state index in [1.165, 1.54) is 12.8 Å². The van der Waals surface area contributed by atoms with E-state index in [1.807, 2.05) is 20.8 Å². The number of rotatable bonds is 4. The summed E-state index contributed by atoms with van der Waals surface area (Å²) >= 11 is 0. The minimum atomic E-state index is -0.0726. The van der Waals surface area contributed by atoms with Gasteiger partial charge in [-0.25, -0.2) is 0 Å². The molecule has 0 bridgehead atoms. The highest BCUT2D eigenvalue weighted by Gasteiger charge is 2.14. The summed E-state index contributed by atoms with van der Waals surface area (Å²) in [5.41, 5.74) is -0.0726. The van der Waals surface area contributed by atoms with Gasteiger partial charge in [-0.2, -0.15) is 0 Å². The maximum absolute atomic E-state index is 5.54. The molecular formula is C11H22O3. The summed E-state index contributed by atoms with van der Waals surface area (Å²) in [6.45, 7) is 8.24. The van der Waals surface area contributed by atoms with Crippen molar-refractivity contribution in [3.8, 4) is 0 Å². The molecule has 1 heterocycles. The van der Waals surface area contributed by atoms with Crippen LogP contribution in [0.4, 0.5) is 0 Å². The maximum atomic E-state index is 5.54. The first-order chi connectivity index (χ1) is 6.58. The summed E-state index contributed by atoms with van der Waals surface area (Å²) in [5, 5.41) is 0. The van der Waals surface area contributed by atoms with E-state index in [4.69, 9.17) is 14.2 Å². The van der Waals surface area contributed by atoms with Gasteiger partial charge >= 0.3 is 0 Å². The van der Waals surface area contributed by atoms with E-state index < -0.39 is 0 Å². The fraction of sp³-hybridized carbons (Fsp3) is 1.00. The average molecular weight is 202 g/mol. The topological polar surface area (TPSA) is 27.7 Å². The second-order valence-electron chi connectivity index (χ2n) is 4.63. The molecule has 1 atom stereocenters. The van der Waals surface area contributed by atoms with Gasteiger partial charge in [0.1, 0.15) is 0 Å². The molecule has 0 radical (unpaired) electrons. The van der Waals surface area contributed by atoms with Gasteiger partial charge in [-0.1, -0.05) is 0 Å². The van der Waals surface area contributed by atoms with E-state index in [9.17, 15) is 0 Å². The average Bonchev–Trinajstić information content (AvgIpc) is 2.13. The quantitative estimate of drug-likeness (QED) is 0.655. The number of hydrogen-bond acceptors (Lipinski definition) is 3. The van der Waals surface area contributed by atoms with Gasteiger partial charge in [0, 0.05) is 6.61 Å². The van der Waals surface area contributed by atoms with Gasteiger partial charge < -0.3 is 14.2 Å². The van der Waals surface area contributed by atoms with Crippen LogP contribution in [0, 0.1) is 0 Å². The first kappa shape index (κ1) is 12.0. The van der Waals surface area contributed by atoms with Crippen molar-refractivity contribution in [3.63, 3.8) is 0 Å². The van der Waals surface area contributed by atoms with Crippen molar-refractivity contribution in [1.82, 2.24) is 0 Å². The van der Waals surface area contributed by atoms with Gasteiger partial charge in [0.15, 0.2) is 6.29 Å². The van der Waals surface area contributed by atoms with Crippen molar-refractivity contribution < 1.29 is 14.2 Å². The predicted octanol–water partition coefficient (Wildman–Crippen LogP) is 2.34. The van der Waals surface area contributed by atoms with E-state index in [1.54, 1.807) is 0 Å². The van der Waals surface area contributed by atoms with E-state index >= 15 is 0 Å². The molecule has 1 rings (SSSR count). The Bertz CT molecular complexity index is 145. The molecule has 3 heteroatoms. The number of ether oxygens (including phenoxy) is 3. The summed E-state index contributed by atoms with van der Waals surface area (Å²) in [5.74, 6) is 0. The highest BCUT2D eigenvalue weighted by Crippen LogP contribution is 2.13. The van der Waals surface area contributed by atoms with Crippen molar-refractivity contribution >= 4 is 0 Å². The summed E-state index contributed by atoms with van der Waals surface area (Å²) in [6.07, 6.45) is 3.41. The van der Waals surface area contributed by atoms with Gasteiger partial charge in [0.25, 0.3) is 0 Å². The van der Waals surface area contributed by atoms with Crippen LogP contribution in [0.5, 0.6) is 0 Å². The largest absolute Gasteiger partial charge is 0.373 e. The van der Waals surface area contributed by atoms with Crippen LogP contribution in [0.3, 0.4) is 0 Å². The molecule has 0 amide bonds. The van der Waals surface area contributed by atoms with Crippen LogP contribution < -0.4 is 0 Å². The van der Waals surface area contributed by atoms with E-state index in [2.05, 4.69) is 0 Å².